The van der Waals surface area contributed by atoms with E-state index in [4.69, 9.17) is 0 Å². The minimum atomic E-state index is -0.411. The van der Waals surface area contributed by atoms with Crippen LogP contribution in [0.3, 0.4) is 0 Å². The van der Waals surface area contributed by atoms with Crippen molar-refractivity contribution in [3.8, 4) is 0 Å². The molecule has 0 heterocycles. The molecule has 0 saturated carbocycles. The molecule has 17 heavy (non-hydrogen) atoms. The van der Waals surface area contributed by atoms with Crippen molar-refractivity contribution in [1.29, 1.82) is 0 Å². The molecule has 2 nitrogen and oxygen atoms in total. The van der Waals surface area contributed by atoms with E-state index in [2.05, 4.69) is 37.2 Å². The lowest BCUT2D eigenvalue weighted by molar-refractivity contribution is 0.0937. The summed E-state index contributed by atoms with van der Waals surface area (Å²) < 4.78 is 13.6. The minimum absolute atomic E-state index is 0.0789. The van der Waals surface area contributed by atoms with E-state index in [-0.39, 0.29) is 11.9 Å². The summed E-state index contributed by atoms with van der Waals surface area (Å²) in [5.74, 6) is -0.662. The first-order chi connectivity index (χ1) is 8.04. The van der Waals surface area contributed by atoms with Crippen molar-refractivity contribution in [2.24, 2.45) is 0 Å². The maximum Gasteiger partial charge on any atom is 0.252 e. The van der Waals surface area contributed by atoms with Gasteiger partial charge in [-0.05, 0) is 53.9 Å². The number of halogens is 3. The van der Waals surface area contributed by atoms with Gasteiger partial charge in [0, 0.05) is 15.8 Å². The molecule has 0 aliphatic carbocycles. The Kier molecular flexibility index (Phi) is 6.12. The molecule has 0 aliphatic rings. The van der Waals surface area contributed by atoms with Crippen molar-refractivity contribution in [3.63, 3.8) is 0 Å². The fraction of sp³-hybridized carbons (Fsp3) is 0.417. The number of carbonyl (C=O) groups is 1. The van der Waals surface area contributed by atoms with Gasteiger partial charge >= 0.3 is 0 Å². The van der Waals surface area contributed by atoms with Gasteiger partial charge in [0.2, 0.25) is 0 Å². The van der Waals surface area contributed by atoms with Gasteiger partial charge in [-0.25, -0.2) is 4.39 Å². The number of amides is 1. The molecule has 1 aromatic rings. The zero-order valence-electron chi connectivity index (χ0n) is 9.47. The molecule has 1 unspecified atom stereocenters. The SMILES string of the molecule is CC(CCCBr)NC(=O)c1cc(F)ccc1Br. The van der Waals surface area contributed by atoms with Gasteiger partial charge in [0.05, 0.1) is 5.56 Å². The molecule has 0 saturated heterocycles. The molecule has 0 aromatic heterocycles. The van der Waals surface area contributed by atoms with E-state index in [1.807, 2.05) is 6.92 Å². The quantitative estimate of drug-likeness (QED) is 0.787. The van der Waals surface area contributed by atoms with E-state index >= 15 is 0 Å². The largest absolute Gasteiger partial charge is 0.350 e. The second kappa shape index (κ2) is 7.11. The molecular formula is C12H14Br2FNO. The van der Waals surface area contributed by atoms with Gasteiger partial charge in [0.15, 0.2) is 0 Å². The lowest BCUT2D eigenvalue weighted by Crippen LogP contribution is -2.32. The Morgan fingerprint density at radius 2 is 2.24 bits per heavy atom. The van der Waals surface area contributed by atoms with Crippen molar-refractivity contribution in [1.82, 2.24) is 5.32 Å². The third kappa shape index (κ3) is 4.76. The third-order valence-electron chi connectivity index (χ3n) is 2.32. The highest BCUT2D eigenvalue weighted by molar-refractivity contribution is 9.10. The zero-order valence-corrected chi connectivity index (χ0v) is 12.6. The highest BCUT2D eigenvalue weighted by Crippen LogP contribution is 2.18. The van der Waals surface area contributed by atoms with E-state index in [0.29, 0.717) is 10.0 Å². The molecule has 0 spiro atoms. The highest BCUT2D eigenvalue weighted by atomic mass is 79.9. The lowest BCUT2D eigenvalue weighted by atomic mass is 10.1. The first kappa shape index (κ1) is 14.6. The molecule has 0 aliphatic heterocycles. The van der Waals surface area contributed by atoms with Gasteiger partial charge in [-0.15, -0.1) is 0 Å². The molecule has 0 radical (unpaired) electrons. The molecule has 94 valence electrons. The number of nitrogens with one attached hydrogen (secondary N) is 1. The van der Waals surface area contributed by atoms with Crippen molar-refractivity contribution in [2.75, 3.05) is 5.33 Å². The van der Waals surface area contributed by atoms with Crippen LogP contribution in [0.1, 0.15) is 30.1 Å². The van der Waals surface area contributed by atoms with Crippen LogP contribution in [-0.2, 0) is 0 Å². The number of carbonyl (C=O) groups excluding carboxylic acids is 1. The monoisotopic (exact) mass is 365 g/mol. The number of hydrogen-bond acceptors (Lipinski definition) is 1. The molecule has 5 heteroatoms. The average molecular weight is 367 g/mol. The molecule has 1 aromatic carbocycles. The summed E-state index contributed by atoms with van der Waals surface area (Å²) >= 11 is 6.58. The van der Waals surface area contributed by atoms with Crippen LogP contribution in [0.2, 0.25) is 0 Å². The van der Waals surface area contributed by atoms with E-state index in [9.17, 15) is 9.18 Å². The maximum atomic E-state index is 13.0. The Hall–Kier alpha value is -0.420. The summed E-state index contributed by atoms with van der Waals surface area (Å²) in [6.07, 6.45) is 1.88. The normalized spacial score (nSPS) is 12.2. The van der Waals surface area contributed by atoms with Gasteiger partial charge in [-0.2, -0.15) is 0 Å². The van der Waals surface area contributed by atoms with E-state index in [1.54, 1.807) is 0 Å². The number of alkyl halides is 1. The third-order valence-corrected chi connectivity index (χ3v) is 3.57. The van der Waals surface area contributed by atoms with Gasteiger partial charge < -0.3 is 5.32 Å². The average Bonchev–Trinajstić information content (AvgIpc) is 2.29. The first-order valence-corrected chi connectivity index (χ1v) is 7.28. The number of benzene rings is 1. The topological polar surface area (TPSA) is 29.1 Å². The maximum absolute atomic E-state index is 13.0. The van der Waals surface area contributed by atoms with Crippen LogP contribution in [-0.4, -0.2) is 17.3 Å². The van der Waals surface area contributed by atoms with Crippen LogP contribution in [0.5, 0.6) is 0 Å². The second-order valence-corrected chi connectivity index (χ2v) is 5.48. The lowest BCUT2D eigenvalue weighted by Gasteiger charge is -2.13. The van der Waals surface area contributed by atoms with Gasteiger partial charge in [0.25, 0.3) is 5.91 Å². The minimum Gasteiger partial charge on any atom is -0.350 e. The predicted octanol–water partition coefficient (Wildman–Crippen LogP) is 3.88. The molecule has 1 rings (SSSR count). The van der Waals surface area contributed by atoms with Gasteiger partial charge in [-0.1, -0.05) is 15.9 Å². The van der Waals surface area contributed by atoms with Crippen molar-refractivity contribution in [2.45, 2.75) is 25.8 Å². The molecular weight excluding hydrogens is 353 g/mol. The molecule has 1 N–H and O–H groups in total. The zero-order chi connectivity index (χ0) is 12.8. The predicted molar refractivity (Wildman–Crippen MR) is 74.1 cm³/mol. The summed E-state index contributed by atoms with van der Waals surface area (Å²) in [6.45, 7) is 1.94. The summed E-state index contributed by atoms with van der Waals surface area (Å²) in [5, 5.41) is 3.76. The van der Waals surface area contributed by atoms with Crippen LogP contribution in [0.25, 0.3) is 0 Å². The summed E-state index contributed by atoms with van der Waals surface area (Å²) in [5.41, 5.74) is 0.329. The number of rotatable bonds is 5. The highest BCUT2D eigenvalue weighted by Gasteiger charge is 2.13. The Morgan fingerprint density at radius 3 is 2.88 bits per heavy atom. The van der Waals surface area contributed by atoms with Crippen molar-refractivity contribution >= 4 is 37.8 Å². The first-order valence-electron chi connectivity index (χ1n) is 5.36. The van der Waals surface area contributed by atoms with E-state index < -0.39 is 5.82 Å². The molecule has 1 amide bonds. The van der Waals surface area contributed by atoms with Crippen LogP contribution in [0.15, 0.2) is 22.7 Å². The smallest absolute Gasteiger partial charge is 0.252 e. The fourth-order valence-corrected chi connectivity index (χ4v) is 2.18. The van der Waals surface area contributed by atoms with E-state index in [1.165, 1.54) is 18.2 Å². The Labute approximate surface area is 117 Å². The van der Waals surface area contributed by atoms with Crippen LogP contribution in [0.4, 0.5) is 4.39 Å². The van der Waals surface area contributed by atoms with Gasteiger partial charge in [-0.3, -0.25) is 4.79 Å². The Morgan fingerprint density at radius 1 is 1.53 bits per heavy atom. The standard InChI is InChI=1S/C12H14Br2FNO/c1-8(3-2-6-13)16-12(17)10-7-9(15)4-5-11(10)14/h4-5,7-8H,2-3,6H2,1H3,(H,16,17). The summed E-state index contributed by atoms with van der Waals surface area (Å²) in [7, 11) is 0. The molecule has 0 bridgehead atoms. The second-order valence-electron chi connectivity index (χ2n) is 3.83. The van der Waals surface area contributed by atoms with Crippen LogP contribution >= 0.6 is 31.9 Å². The van der Waals surface area contributed by atoms with Crippen LogP contribution in [0, 0.1) is 5.82 Å². The Balaban J connectivity index is 2.66. The fourth-order valence-electron chi connectivity index (χ4n) is 1.43. The summed E-state index contributed by atoms with van der Waals surface area (Å²) in [4.78, 5) is 11.9. The number of hydrogen-bond donors (Lipinski definition) is 1. The van der Waals surface area contributed by atoms with Crippen molar-refractivity contribution in [3.05, 3.63) is 34.1 Å². The molecule has 1 atom stereocenters. The molecule has 0 fully saturated rings. The van der Waals surface area contributed by atoms with E-state index in [0.717, 1.165) is 18.2 Å². The summed E-state index contributed by atoms with van der Waals surface area (Å²) in [6, 6.07) is 4.16. The van der Waals surface area contributed by atoms with Crippen LogP contribution < -0.4 is 5.32 Å². The van der Waals surface area contributed by atoms with Gasteiger partial charge in [0.1, 0.15) is 5.82 Å². The Bertz CT molecular complexity index is 398. The van der Waals surface area contributed by atoms with Crippen molar-refractivity contribution < 1.29 is 9.18 Å².